The second-order valence-corrected chi connectivity index (χ2v) is 7.99. The van der Waals surface area contributed by atoms with E-state index in [9.17, 15) is 29.1 Å². The molecule has 1 saturated carbocycles. The number of hydrogen-bond acceptors (Lipinski definition) is 5. The first-order valence-corrected chi connectivity index (χ1v) is 10.4. The molecule has 3 atom stereocenters. The van der Waals surface area contributed by atoms with Gasteiger partial charge in [0.25, 0.3) is 0 Å². The van der Waals surface area contributed by atoms with Crippen molar-refractivity contribution < 1.29 is 39.3 Å². The van der Waals surface area contributed by atoms with Gasteiger partial charge in [-0.15, -0.1) is 0 Å². The van der Waals surface area contributed by atoms with Gasteiger partial charge in [-0.1, -0.05) is 17.7 Å². The topological polar surface area (TPSA) is 194 Å². The molecule has 0 aliphatic heterocycles. The predicted molar refractivity (Wildman–Crippen MR) is 116 cm³/mol. The van der Waals surface area contributed by atoms with Crippen molar-refractivity contribution in [2.45, 2.75) is 50.6 Å². The lowest BCUT2D eigenvalue weighted by Gasteiger charge is -2.19. The van der Waals surface area contributed by atoms with Gasteiger partial charge in [-0.2, -0.15) is 0 Å². The van der Waals surface area contributed by atoms with Crippen LogP contribution in [0, 0.1) is 12.8 Å². The molecule has 12 nitrogen and oxygen atoms in total. The first-order chi connectivity index (χ1) is 15.5. The van der Waals surface area contributed by atoms with E-state index in [4.69, 9.17) is 10.2 Å². The van der Waals surface area contributed by atoms with E-state index >= 15 is 0 Å². The highest BCUT2D eigenvalue weighted by Crippen LogP contribution is 2.46. The van der Waals surface area contributed by atoms with Gasteiger partial charge in [-0.3, -0.25) is 4.79 Å². The van der Waals surface area contributed by atoms with Crippen LogP contribution in [0.5, 0.6) is 0 Å². The molecule has 1 aromatic carbocycles. The zero-order chi connectivity index (χ0) is 24.6. The van der Waals surface area contributed by atoms with E-state index in [1.807, 2.05) is 19.1 Å². The Morgan fingerprint density at radius 3 is 2.30 bits per heavy atom. The van der Waals surface area contributed by atoms with Crippen LogP contribution in [0.1, 0.15) is 37.7 Å². The standard InChI is InChI=1S/C21H28N4O8/c1-12-4-6-14(7-5-12)23-19(32)22-10-2-3-13-11-21(13,18(30)31)25-20(33)24-15(17(28)29)8-9-16(26)27/h4-7,13,15H,2-3,8-11H2,1H3,(H,26,27)(H,28,29)(H,30,31)(H2,22,23,32)(H2,24,25,33)/t13?,15-,21?/m0/s1. The monoisotopic (exact) mass is 464 g/mol. The Morgan fingerprint density at radius 2 is 1.73 bits per heavy atom. The van der Waals surface area contributed by atoms with E-state index in [1.165, 1.54) is 0 Å². The Kier molecular flexibility index (Phi) is 8.60. The van der Waals surface area contributed by atoms with Gasteiger partial charge in [-0.05, 0) is 50.7 Å². The maximum atomic E-state index is 12.2. The van der Waals surface area contributed by atoms with Crippen molar-refractivity contribution in [3.63, 3.8) is 0 Å². The molecule has 0 radical (unpaired) electrons. The Hall–Kier alpha value is -3.83. The first kappa shape index (κ1) is 25.4. The highest BCUT2D eigenvalue weighted by Gasteiger charge is 2.61. The molecule has 1 fully saturated rings. The van der Waals surface area contributed by atoms with Crippen molar-refractivity contribution in [3.8, 4) is 0 Å². The molecule has 2 unspecified atom stereocenters. The molecule has 4 amide bonds. The lowest BCUT2D eigenvalue weighted by Crippen LogP contribution is -2.53. The number of aryl methyl sites for hydroxylation is 1. The summed E-state index contributed by atoms with van der Waals surface area (Å²) in [7, 11) is 0. The number of carbonyl (C=O) groups is 5. The molecule has 1 aromatic rings. The second kappa shape index (κ2) is 11.2. The molecular formula is C21H28N4O8. The first-order valence-electron chi connectivity index (χ1n) is 10.4. The zero-order valence-corrected chi connectivity index (χ0v) is 18.1. The number of nitrogens with one attached hydrogen (secondary N) is 4. The molecule has 180 valence electrons. The Labute approximate surface area is 189 Å². The zero-order valence-electron chi connectivity index (χ0n) is 18.1. The molecule has 2 rings (SSSR count). The maximum absolute atomic E-state index is 12.2. The van der Waals surface area contributed by atoms with Gasteiger partial charge in [0.1, 0.15) is 11.6 Å². The normalized spacial score (nSPS) is 19.6. The van der Waals surface area contributed by atoms with Crippen LogP contribution in [-0.2, 0) is 14.4 Å². The number of anilines is 1. The second-order valence-electron chi connectivity index (χ2n) is 7.99. The number of urea groups is 2. The quantitative estimate of drug-likeness (QED) is 0.225. The fraction of sp³-hybridized carbons (Fsp3) is 0.476. The number of carboxylic acid groups (broad SMARTS) is 3. The molecule has 0 spiro atoms. The van der Waals surface area contributed by atoms with E-state index in [0.717, 1.165) is 5.56 Å². The maximum Gasteiger partial charge on any atom is 0.329 e. The van der Waals surface area contributed by atoms with Gasteiger partial charge < -0.3 is 36.6 Å². The number of benzene rings is 1. The molecule has 33 heavy (non-hydrogen) atoms. The van der Waals surface area contributed by atoms with Crippen molar-refractivity contribution in [2.24, 2.45) is 5.92 Å². The number of rotatable bonds is 12. The summed E-state index contributed by atoms with van der Waals surface area (Å²) in [5, 5.41) is 37.1. The Morgan fingerprint density at radius 1 is 1.06 bits per heavy atom. The summed E-state index contributed by atoms with van der Waals surface area (Å²) in [6.45, 7) is 2.23. The molecule has 0 heterocycles. The van der Waals surface area contributed by atoms with Crippen molar-refractivity contribution in [1.82, 2.24) is 16.0 Å². The number of amides is 4. The van der Waals surface area contributed by atoms with Crippen LogP contribution < -0.4 is 21.3 Å². The number of carbonyl (C=O) groups excluding carboxylic acids is 2. The fourth-order valence-corrected chi connectivity index (χ4v) is 3.43. The fourth-order valence-electron chi connectivity index (χ4n) is 3.43. The third-order valence-electron chi connectivity index (χ3n) is 5.40. The van der Waals surface area contributed by atoms with Crippen LogP contribution in [-0.4, -0.2) is 63.4 Å². The van der Waals surface area contributed by atoms with Crippen molar-refractivity contribution in [1.29, 1.82) is 0 Å². The lowest BCUT2D eigenvalue weighted by molar-refractivity contribution is -0.141. The van der Waals surface area contributed by atoms with Crippen molar-refractivity contribution >= 4 is 35.7 Å². The van der Waals surface area contributed by atoms with Crippen LogP contribution in [0.2, 0.25) is 0 Å². The molecule has 1 aliphatic rings. The summed E-state index contributed by atoms with van der Waals surface area (Å²) in [5.74, 6) is -4.26. The highest BCUT2D eigenvalue weighted by molar-refractivity contribution is 5.91. The molecule has 0 bridgehead atoms. The molecular weight excluding hydrogens is 436 g/mol. The van der Waals surface area contributed by atoms with Crippen LogP contribution in [0.3, 0.4) is 0 Å². The largest absolute Gasteiger partial charge is 0.481 e. The summed E-state index contributed by atoms with van der Waals surface area (Å²) in [4.78, 5) is 57.6. The average Bonchev–Trinajstić information content (AvgIpc) is 3.43. The van der Waals surface area contributed by atoms with Crippen LogP contribution in [0.15, 0.2) is 24.3 Å². The van der Waals surface area contributed by atoms with E-state index < -0.39 is 48.0 Å². The lowest BCUT2D eigenvalue weighted by atomic mass is 10.1. The van der Waals surface area contributed by atoms with Crippen LogP contribution in [0.4, 0.5) is 15.3 Å². The molecule has 0 saturated heterocycles. The smallest absolute Gasteiger partial charge is 0.329 e. The van der Waals surface area contributed by atoms with Crippen molar-refractivity contribution in [2.75, 3.05) is 11.9 Å². The third kappa shape index (κ3) is 7.66. The van der Waals surface area contributed by atoms with Crippen LogP contribution in [0.25, 0.3) is 0 Å². The van der Waals surface area contributed by atoms with E-state index in [2.05, 4.69) is 21.3 Å². The van der Waals surface area contributed by atoms with Gasteiger partial charge >= 0.3 is 30.0 Å². The highest BCUT2D eigenvalue weighted by atomic mass is 16.4. The van der Waals surface area contributed by atoms with Gasteiger partial charge in [-0.25, -0.2) is 19.2 Å². The molecule has 1 aliphatic carbocycles. The summed E-state index contributed by atoms with van der Waals surface area (Å²) in [5.41, 5.74) is 0.182. The average molecular weight is 464 g/mol. The minimum Gasteiger partial charge on any atom is -0.481 e. The van der Waals surface area contributed by atoms with E-state index in [-0.39, 0.29) is 18.8 Å². The van der Waals surface area contributed by atoms with Gasteiger partial charge in [0.15, 0.2) is 0 Å². The Balaban J connectivity index is 1.76. The van der Waals surface area contributed by atoms with E-state index in [0.29, 0.717) is 25.1 Å². The van der Waals surface area contributed by atoms with Gasteiger partial charge in [0, 0.05) is 18.7 Å². The number of aliphatic carboxylic acids is 3. The van der Waals surface area contributed by atoms with Gasteiger partial charge in [0.05, 0.1) is 0 Å². The summed E-state index contributed by atoms with van der Waals surface area (Å²) in [6.07, 6.45) is 0.254. The van der Waals surface area contributed by atoms with Crippen molar-refractivity contribution in [3.05, 3.63) is 29.8 Å². The minimum absolute atomic E-state index is 0.165. The predicted octanol–water partition coefficient (Wildman–Crippen LogP) is 1.36. The van der Waals surface area contributed by atoms with E-state index in [1.54, 1.807) is 12.1 Å². The Bertz CT molecular complexity index is 904. The summed E-state index contributed by atoms with van der Waals surface area (Å²) in [6, 6.07) is 4.43. The third-order valence-corrected chi connectivity index (χ3v) is 5.40. The molecule has 12 heteroatoms. The minimum atomic E-state index is -1.52. The number of carboxylic acids is 3. The summed E-state index contributed by atoms with van der Waals surface area (Å²) < 4.78 is 0. The summed E-state index contributed by atoms with van der Waals surface area (Å²) >= 11 is 0. The SMILES string of the molecule is Cc1ccc(NC(=O)NCCCC2CC2(NC(=O)N[C@@H](CCC(=O)O)C(=O)O)C(=O)O)cc1. The van der Waals surface area contributed by atoms with Gasteiger partial charge in [0.2, 0.25) is 0 Å². The van der Waals surface area contributed by atoms with Crippen LogP contribution >= 0.6 is 0 Å². The number of hydrogen-bond donors (Lipinski definition) is 7. The molecule has 0 aromatic heterocycles. The molecule has 7 N–H and O–H groups in total.